The van der Waals surface area contributed by atoms with Gasteiger partial charge in [0.15, 0.2) is 0 Å². The van der Waals surface area contributed by atoms with Crippen molar-refractivity contribution in [3.8, 4) is 0 Å². The fourth-order valence-electron chi connectivity index (χ4n) is 1.69. The standard InChI is InChI=1S/C14H17N3/c1-2-11-6-14(10-16-9-11)17-13-5-3-4-12(7-13)8-15/h3-7,9-10,17H,2,8,15H2,1H3. The number of nitrogens with zero attached hydrogens (tertiary/aromatic N) is 1. The van der Waals surface area contributed by atoms with Crippen molar-refractivity contribution in [1.29, 1.82) is 0 Å². The van der Waals surface area contributed by atoms with Crippen LogP contribution in [-0.2, 0) is 13.0 Å². The Bertz CT molecular complexity index is 449. The number of aromatic nitrogens is 1. The fourth-order valence-corrected chi connectivity index (χ4v) is 1.69. The van der Waals surface area contributed by atoms with Crippen LogP contribution in [0.4, 0.5) is 11.4 Å². The van der Waals surface area contributed by atoms with Crippen LogP contribution >= 0.6 is 0 Å². The molecular formula is C14H17N3. The Morgan fingerprint density at radius 3 is 2.71 bits per heavy atom. The van der Waals surface area contributed by atoms with E-state index in [1.165, 1.54) is 5.56 Å². The fraction of sp³-hybridized carbons (Fsp3) is 0.214. The van der Waals surface area contributed by atoms with Crippen LogP contribution in [-0.4, -0.2) is 4.98 Å². The van der Waals surface area contributed by atoms with Gasteiger partial charge in [-0.25, -0.2) is 0 Å². The number of benzene rings is 1. The summed E-state index contributed by atoms with van der Waals surface area (Å²) in [6.45, 7) is 2.68. The molecule has 0 spiro atoms. The molecule has 3 heteroatoms. The third-order valence-corrected chi connectivity index (χ3v) is 2.65. The number of anilines is 2. The maximum atomic E-state index is 5.62. The van der Waals surface area contributed by atoms with Crippen LogP contribution in [0.2, 0.25) is 0 Å². The van der Waals surface area contributed by atoms with Gasteiger partial charge in [-0.2, -0.15) is 0 Å². The summed E-state index contributed by atoms with van der Waals surface area (Å²) in [5.41, 5.74) is 10.0. The zero-order chi connectivity index (χ0) is 12.1. The maximum absolute atomic E-state index is 5.62. The van der Waals surface area contributed by atoms with Gasteiger partial charge in [0.05, 0.1) is 11.9 Å². The molecule has 0 radical (unpaired) electrons. The third-order valence-electron chi connectivity index (χ3n) is 2.65. The van der Waals surface area contributed by atoms with Gasteiger partial charge in [-0.15, -0.1) is 0 Å². The molecule has 0 aliphatic heterocycles. The van der Waals surface area contributed by atoms with Crippen molar-refractivity contribution in [2.75, 3.05) is 5.32 Å². The highest BCUT2D eigenvalue weighted by Crippen LogP contribution is 2.17. The molecule has 0 saturated carbocycles. The van der Waals surface area contributed by atoms with E-state index in [0.717, 1.165) is 23.4 Å². The van der Waals surface area contributed by atoms with Crippen LogP contribution in [0.1, 0.15) is 18.1 Å². The van der Waals surface area contributed by atoms with Gasteiger partial charge in [0.25, 0.3) is 0 Å². The highest BCUT2D eigenvalue weighted by molar-refractivity contribution is 5.59. The number of aryl methyl sites for hydroxylation is 1. The van der Waals surface area contributed by atoms with Crippen LogP contribution in [0.15, 0.2) is 42.7 Å². The molecule has 2 rings (SSSR count). The first-order valence-electron chi connectivity index (χ1n) is 5.81. The minimum absolute atomic E-state index is 0.558. The van der Waals surface area contributed by atoms with Gasteiger partial charge in [0, 0.05) is 18.4 Å². The van der Waals surface area contributed by atoms with Gasteiger partial charge in [-0.05, 0) is 35.7 Å². The predicted molar refractivity (Wildman–Crippen MR) is 71.2 cm³/mol. The summed E-state index contributed by atoms with van der Waals surface area (Å²) in [6.07, 6.45) is 4.71. The van der Waals surface area contributed by atoms with Crippen molar-refractivity contribution in [3.05, 3.63) is 53.9 Å². The highest BCUT2D eigenvalue weighted by Gasteiger charge is 1.97. The van der Waals surface area contributed by atoms with Crippen molar-refractivity contribution in [3.63, 3.8) is 0 Å². The van der Waals surface area contributed by atoms with E-state index >= 15 is 0 Å². The first-order chi connectivity index (χ1) is 8.31. The van der Waals surface area contributed by atoms with Crippen molar-refractivity contribution >= 4 is 11.4 Å². The van der Waals surface area contributed by atoms with Gasteiger partial charge in [0.1, 0.15) is 0 Å². The van der Waals surface area contributed by atoms with Crippen LogP contribution in [0.3, 0.4) is 0 Å². The summed E-state index contributed by atoms with van der Waals surface area (Å²) in [7, 11) is 0. The zero-order valence-corrected chi connectivity index (χ0v) is 9.98. The number of hydrogen-bond donors (Lipinski definition) is 2. The summed E-state index contributed by atoms with van der Waals surface area (Å²) in [5, 5.41) is 3.34. The Morgan fingerprint density at radius 1 is 1.12 bits per heavy atom. The quantitative estimate of drug-likeness (QED) is 0.844. The molecule has 0 atom stereocenters. The number of rotatable bonds is 4. The average molecular weight is 227 g/mol. The smallest absolute Gasteiger partial charge is 0.0573 e. The highest BCUT2D eigenvalue weighted by atomic mass is 14.9. The number of hydrogen-bond acceptors (Lipinski definition) is 3. The molecule has 3 N–H and O–H groups in total. The van der Waals surface area contributed by atoms with Gasteiger partial charge < -0.3 is 11.1 Å². The second-order valence-electron chi connectivity index (χ2n) is 3.96. The van der Waals surface area contributed by atoms with E-state index in [1.807, 2.05) is 30.6 Å². The Balaban J connectivity index is 2.18. The van der Waals surface area contributed by atoms with Crippen LogP contribution in [0.5, 0.6) is 0 Å². The van der Waals surface area contributed by atoms with E-state index in [1.54, 1.807) is 0 Å². The van der Waals surface area contributed by atoms with E-state index in [2.05, 4.69) is 29.4 Å². The van der Waals surface area contributed by atoms with E-state index in [0.29, 0.717) is 6.54 Å². The molecular weight excluding hydrogens is 210 g/mol. The molecule has 0 fully saturated rings. The lowest BCUT2D eigenvalue weighted by Crippen LogP contribution is -1.98. The minimum atomic E-state index is 0.558. The van der Waals surface area contributed by atoms with Crippen molar-refractivity contribution < 1.29 is 0 Å². The van der Waals surface area contributed by atoms with Gasteiger partial charge in [0.2, 0.25) is 0 Å². The Labute approximate surface area is 102 Å². The summed E-state index contributed by atoms with van der Waals surface area (Å²) in [4.78, 5) is 4.21. The Morgan fingerprint density at radius 2 is 1.94 bits per heavy atom. The average Bonchev–Trinajstić information content (AvgIpc) is 2.39. The first kappa shape index (κ1) is 11.6. The van der Waals surface area contributed by atoms with Gasteiger partial charge >= 0.3 is 0 Å². The molecule has 1 aromatic heterocycles. The monoisotopic (exact) mass is 227 g/mol. The molecule has 0 saturated heterocycles. The van der Waals surface area contributed by atoms with Crippen LogP contribution in [0.25, 0.3) is 0 Å². The second-order valence-corrected chi connectivity index (χ2v) is 3.96. The Hall–Kier alpha value is -1.87. The molecule has 1 heterocycles. The predicted octanol–water partition coefficient (Wildman–Crippen LogP) is 2.85. The molecule has 0 unspecified atom stereocenters. The van der Waals surface area contributed by atoms with E-state index in [4.69, 9.17) is 5.73 Å². The molecule has 0 aliphatic rings. The third kappa shape index (κ3) is 3.04. The normalized spacial score (nSPS) is 10.2. The lowest BCUT2D eigenvalue weighted by molar-refractivity contribution is 1.07. The molecule has 1 aromatic carbocycles. The number of nitrogens with one attached hydrogen (secondary N) is 1. The molecule has 0 amide bonds. The SMILES string of the molecule is CCc1cncc(Nc2cccc(CN)c2)c1. The van der Waals surface area contributed by atoms with Crippen molar-refractivity contribution in [2.45, 2.75) is 19.9 Å². The summed E-state index contributed by atoms with van der Waals surface area (Å²) in [6, 6.07) is 10.2. The molecule has 0 bridgehead atoms. The summed E-state index contributed by atoms with van der Waals surface area (Å²) in [5.74, 6) is 0. The van der Waals surface area contributed by atoms with Crippen LogP contribution in [0, 0.1) is 0 Å². The first-order valence-corrected chi connectivity index (χ1v) is 5.81. The summed E-state index contributed by atoms with van der Waals surface area (Å²) >= 11 is 0. The maximum Gasteiger partial charge on any atom is 0.0573 e. The molecule has 88 valence electrons. The van der Waals surface area contributed by atoms with E-state index in [9.17, 15) is 0 Å². The minimum Gasteiger partial charge on any atom is -0.354 e. The van der Waals surface area contributed by atoms with Gasteiger partial charge in [-0.3, -0.25) is 4.98 Å². The topological polar surface area (TPSA) is 50.9 Å². The van der Waals surface area contributed by atoms with Crippen molar-refractivity contribution in [2.24, 2.45) is 5.73 Å². The molecule has 2 aromatic rings. The largest absolute Gasteiger partial charge is 0.354 e. The number of nitrogens with two attached hydrogens (primary N) is 1. The molecule has 17 heavy (non-hydrogen) atoms. The number of pyridine rings is 1. The molecule has 0 aliphatic carbocycles. The van der Waals surface area contributed by atoms with E-state index in [-0.39, 0.29) is 0 Å². The van der Waals surface area contributed by atoms with Gasteiger partial charge in [-0.1, -0.05) is 19.1 Å². The summed E-state index contributed by atoms with van der Waals surface area (Å²) < 4.78 is 0. The van der Waals surface area contributed by atoms with Crippen LogP contribution < -0.4 is 11.1 Å². The zero-order valence-electron chi connectivity index (χ0n) is 9.98. The van der Waals surface area contributed by atoms with Crippen molar-refractivity contribution in [1.82, 2.24) is 4.98 Å². The lowest BCUT2D eigenvalue weighted by atomic mass is 10.2. The lowest BCUT2D eigenvalue weighted by Gasteiger charge is -2.08. The Kier molecular flexibility index (Phi) is 3.73. The van der Waals surface area contributed by atoms with E-state index < -0.39 is 0 Å². The molecule has 3 nitrogen and oxygen atoms in total. The second kappa shape index (κ2) is 5.46.